The van der Waals surface area contributed by atoms with Crippen molar-refractivity contribution in [3.63, 3.8) is 0 Å². The molecule has 3 aromatic rings. The van der Waals surface area contributed by atoms with E-state index in [-0.39, 0.29) is 41.6 Å². The minimum Gasteiger partial charge on any atom is -0.489 e. The van der Waals surface area contributed by atoms with Crippen molar-refractivity contribution >= 4 is 30.6 Å². The lowest BCUT2D eigenvalue weighted by Crippen LogP contribution is -2.31. The lowest BCUT2D eigenvalue weighted by atomic mass is 10.2. The third-order valence-electron chi connectivity index (χ3n) is 5.21. The number of nitrogens with one attached hydrogen (secondary N) is 2. The van der Waals surface area contributed by atoms with Gasteiger partial charge in [0.1, 0.15) is 23.9 Å². The van der Waals surface area contributed by atoms with Crippen LogP contribution in [0.5, 0.6) is 5.75 Å². The molecule has 31 heavy (non-hydrogen) atoms. The minimum absolute atomic E-state index is 0. The lowest BCUT2D eigenvalue weighted by Gasteiger charge is -2.18. The number of ether oxygens (including phenoxy) is 1. The van der Waals surface area contributed by atoms with E-state index in [1.54, 1.807) is 18.3 Å². The van der Waals surface area contributed by atoms with Gasteiger partial charge < -0.3 is 19.9 Å². The smallest absolute Gasteiger partial charge is 0.273 e. The molecule has 2 aromatic heterocycles. The third-order valence-corrected chi connectivity index (χ3v) is 5.21. The van der Waals surface area contributed by atoms with Crippen LogP contribution in [-0.4, -0.2) is 35.7 Å². The molecule has 0 spiro atoms. The standard InChI is InChI=1S/C22H24N4O3.2ClH/c1-23-17-9-11-25(14-17)20-8-7-19(22(28)24-20)26-12-10-18(13-21(26)27)29-15-16-5-3-2-4-6-16;;/h2-8,10,12-13,17,23H,9,11,14-15H2,1H3,(H,24,28);2*1H/t17-;;/m0../s1. The van der Waals surface area contributed by atoms with Crippen LogP contribution < -0.4 is 26.1 Å². The van der Waals surface area contributed by atoms with Crippen LogP contribution >= 0.6 is 24.8 Å². The largest absolute Gasteiger partial charge is 0.489 e. The number of halogens is 2. The summed E-state index contributed by atoms with van der Waals surface area (Å²) in [6, 6.07) is 16.8. The fourth-order valence-corrected chi connectivity index (χ4v) is 3.53. The maximum atomic E-state index is 12.6. The third kappa shape index (κ3) is 5.70. The van der Waals surface area contributed by atoms with Crippen LogP contribution in [0.2, 0.25) is 0 Å². The second-order valence-electron chi connectivity index (χ2n) is 7.12. The summed E-state index contributed by atoms with van der Waals surface area (Å²) in [6.45, 7) is 2.11. The Morgan fingerprint density at radius 1 is 1.10 bits per heavy atom. The number of rotatable bonds is 6. The summed E-state index contributed by atoms with van der Waals surface area (Å²) in [6.07, 6.45) is 2.60. The van der Waals surface area contributed by atoms with E-state index < -0.39 is 0 Å². The Morgan fingerprint density at radius 2 is 1.87 bits per heavy atom. The number of likely N-dealkylation sites (N-methyl/N-ethyl adjacent to an activating group) is 1. The molecule has 0 bridgehead atoms. The zero-order valence-electron chi connectivity index (χ0n) is 17.1. The number of aromatic amines is 1. The molecule has 7 nitrogen and oxygen atoms in total. The van der Waals surface area contributed by atoms with E-state index >= 15 is 0 Å². The van der Waals surface area contributed by atoms with Gasteiger partial charge in [-0.15, -0.1) is 24.8 Å². The van der Waals surface area contributed by atoms with Gasteiger partial charge in [-0.25, -0.2) is 0 Å². The first-order chi connectivity index (χ1) is 14.1. The van der Waals surface area contributed by atoms with Crippen molar-refractivity contribution < 1.29 is 4.74 Å². The number of anilines is 1. The Kier molecular flexibility index (Phi) is 8.74. The van der Waals surface area contributed by atoms with Crippen molar-refractivity contribution in [2.75, 3.05) is 25.0 Å². The average molecular weight is 465 g/mol. The highest BCUT2D eigenvalue weighted by atomic mass is 35.5. The van der Waals surface area contributed by atoms with Crippen LogP contribution in [0.1, 0.15) is 12.0 Å². The van der Waals surface area contributed by atoms with E-state index in [0.29, 0.717) is 18.4 Å². The molecular formula is C22H26Cl2N4O3. The van der Waals surface area contributed by atoms with Crippen LogP contribution in [0.25, 0.3) is 5.69 Å². The predicted octanol–water partition coefficient (Wildman–Crippen LogP) is 2.75. The minimum atomic E-state index is -0.315. The van der Waals surface area contributed by atoms with Crippen molar-refractivity contribution in [3.8, 4) is 11.4 Å². The van der Waals surface area contributed by atoms with E-state index in [1.165, 1.54) is 10.6 Å². The number of hydrogen-bond donors (Lipinski definition) is 2. The predicted molar refractivity (Wildman–Crippen MR) is 128 cm³/mol. The van der Waals surface area contributed by atoms with Gasteiger partial charge in [0.25, 0.3) is 11.1 Å². The molecule has 0 aliphatic carbocycles. The highest BCUT2D eigenvalue weighted by molar-refractivity contribution is 5.85. The van der Waals surface area contributed by atoms with Crippen LogP contribution in [0, 0.1) is 0 Å². The van der Waals surface area contributed by atoms with Gasteiger partial charge in [-0.1, -0.05) is 30.3 Å². The Morgan fingerprint density at radius 3 is 2.52 bits per heavy atom. The Hall–Kier alpha value is -2.74. The number of H-pyrrole nitrogens is 1. The van der Waals surface area contributed by atoms with E-state index in [2.05, 4.69) is 15.2 Å². The SMILES string of the molecule is CN[C@H]1CCN(c2ccc(-n3ccc(OCc4ccccc4)cc3=O)c(=O)[nH]2)C1.Cl.Cl. The number of aromatic nitrogens is 2. The molecule has 1 aromatic carbocycles. The van der Waals surface area contributed by atoms with Crippen LogP contribution in [0.4, 0.5) is 5.82 Å². The van der Waals surface area contributed by atoms with Gasteiger partial charge in [0.15, 0.2) is 0 Å². The summed E-state index contributed by atoms with van der Waals surface area (Å²) >= 11 is 0. The molecule has 9 heteroatoms. The zero-order chi connectivity index (χ0) is 20.2. The normalized spacial score (nSPS) is 15.1. The molecule has 4 rings (SSSR count). The summed E-state index contributed by atoms with van der Waals surface area (Å²) in [5.74, 6) is 1.24. The van der Waals surface area contributed by atoms with E-state index in [9.17, 15) is 9.59 Å². The van der Waals surface area contributed by atoms with Crippen molar-refractivity contribution in [1.29, 1.82) is 0 Å². The number of pyridine rings is 2. The second-order valence-corrected chi connectivity index (χ2v) is 7.12. The van der Waals surface area contributed by atoms with E-state index in [4.69, 9.17) is 4.74 Å². The zero-order valence-corrected chi connectivity index (χ0v) is 18.7. The fourth-order valence-electron chi connectivity index (χ4n) is 3.53. The summed E-state index contributed by atoms with van der Waals surface area (Å²) in [5, 5.41) is 3.26. The molecule has 0 saturated carbocycles. The highest BCUT2D eigenvalue weighted by Gasteiger charge is 2.22. The molecule has 0 unspecified atom stereocenters. The molecule has 1 aliphatic heterocycles. The molecule has 0 amide bonds. The summed E-state index contributed by atoms with van der Waals surface area (Å²) in [7, 11) is 1.94. The quantitative estimate of drug-likeness (QED) is 0.586. The van der Waals surface area contributed by atoms with Gasteiger partial charge in [-0.3, -0.25) is 14.2 Å². The number of benzene rings is 1. The van der Waals surface area contributed by atoms with Gasteiger partial charge in [0, 0.05) is 31.4 Å². The van der Waals surface area contributed by atoms with Crippen LogP contribution in [0.15, 0.2) is 70.4 Å². The van der Waals surface area contributed by atoms with Crippen molar-refractivity contribution in [2.24, 2.45) is 0 Å². The molecule has 1 aliphatic rings. The first kappa shape index (κ1) is 24.5. The topological polar surface area (TPSA) is 79.4 Å². The summed E-state index contributed by atoms with van der Waals surface area (Å²) < 4.78 is 7.02. The fraction of sp³-hybridized carbons (Fsp3) is 0.273. The molecule has 1 saturated heterocycles. The van der Waals surface area contributed by atoms with Crippen LogP contribution in [0.3, 0.4) is 0 Å². The maximum absolute atomic E-state index is 12.6. The maximum Gasteiger partial charge on any atom is 0.273 e. The first-order valence-electron chi connectivity index (χ1n) is 9.69. The molecule has 0 radical (unpaired) electrons. The first-order valence-corrected chi connectivity index (χ1v) is 9.69. The Bertz CT molecular complexity index is 1100. The van der Waals surface area contributed by atoms with Crippen molar-refractivity contribution in [3.05, 3.63) is 87.1 Å². The Labute approximate surface area is 192 Å². The highest BCUT2D eigenvalue weighted by Crippen LogP contribution is 2.17. The molecule has 1 fully saturated rings. The number of nitrogens with zero attached hydrogens (tertiary/aromatic N) is 2. The van der Waals surface area contributed by atoms with Crippen molar-refractivity contribution in [2.45, 2.75) is 19.1 Å². The molecule has 2 N–H and O–H groups in total. The van der Waals surface area contributed by atoms with Gasteiger partial charge >= 0.3 is 0 Å². The number of hydrogen-bond acceptors (Lipinski definition) is 5. The summed E-state index contributed by atoms with van der Waals surface area (Å²) in [5.41, 5.74) is 0.699. The van der Waals surface area contributed by atoms with Gasteiger partial charge in [-0.2, -0.15) is 0 Å². The monoisotopic (exact) mass is 464 g/mol. The van der Waals surface area contributed by atoms with Crippen LogP contribution in [-0.2, 0) is 6.61 Å². The lowest BCUT2D eigenvalue weighted by molar-refractivity contribution is 0.305. The molecule has 3 heterocycles. The second kappa shape index (κ2) is 11.0. The van der Waals surface area contributed by atoms with Gasteiger partial charge in [-0.05, 0) is 37.2 Å². The average Bonchev–Trinajstić information content (AvgIpc) is 3.23. The van der Waals surface area contributed by atoms with Gasteiger partial charge in [0.2, 0.25) is 0 Å². The molecule has 166 valence electrons. The van der Waals surface area contributed by atoms with E-state index in [0.717, 1.165) is 30.9 Å². The molecule has 1 atom stereocenters. The Balaban J connectivity index is 0.00000171. The molecular weight excluding hydrogens is 439 g/mol. The van der Waals surface area contributed by atoms with Crippen molar-refractivity contribution in [1.82, 2.24) is 14.9 Å². The van der Waals surface area contributed by atoms with E-state index in [1.807, 2.05) is 43.4 Å². The van der Waals surface area contributed by atoms with Gasteiger partial charge in [0.05, 0.1) is 0 Å². The summed E-state index contributed by atoms with van der Waals surface area (Å²) in [4.78, 5) is 30.2.